The zero-order valence-corrected chi connectivity index (χ0v) is 13.0. The van der Waals surface area contributed by atoms with Gasteiger partial charge in [0.2, 0.25) is 0 Å². The maximum Gasteiger partial charge on any atom is 0.0766 e. The molecule has 1 aromatic rings. The Labute approximate surface area is 118 Å². The van der Waals surface area contributed by atoms with Gasteiger partial charge in [0.1, 0.15) is 0 Å². The quantitative estimate of drug-likeness (QED) is 0.926. The Balaban J connectivity index is 2.24. The van der Waals surface area contributed by atoms with Gasteiger partial charge in [-0.3, -0.25) is 4.68 Å². The standard InChI is InChI=1S/C14H23BrN2O/c1-3-11-13(15)12(17(2)16-11)9-14(10-18)7-5-4-6-8-14/h18H,3-10H2,1-2H3. The van der Waals surface area contributed by atoms with Crippen LogP contribution in [0.3, 0.4) is 0 Å². The third-order valence-electron chi connectivity index (χ3n) is 4.30. The van der Waals surface area contributed by atoms with Crippen molar-refractivity contribution in [2.45, 2.75) is 51.9 Å². The lowest BCUT2D eigenvalue weighted by Crippen LogP contribution is -2.31. The van der Waals surface area contributed by atoms with Gasteiger partial charge in [-0.1, -0.05) is 26.2 Å². The van der Waals surface area contributed by atoms with Crippen LogP contribution in [0.5, 0.6) is 0 Å². The third kappa shape index (κ3) is 2.64. The molecule has 0 aromatic carbocycles. The molecular formula is C14H23BrN2O. The summed E-state index contributed by atoms with van der Waals surface area (Å²) in [5, 5.41) is 14.4. The van der Waals surface area contributed by atoms with E-state index >= 15 is 0 Å². The van der Waals surface area contributed by atoms with E-state index in [-0.39, 0.29) is 5.41 Å². The van der Waals surface area contributed by atoms with E-state index in [0.29, 0.717) is 6.61 Å². The van der Waals surface area contributed by atoms with E-state index in [1.54, 1.807) is 0 Å². The summed E-state index contributed by atoms with van der Waals surface area (Å²) in [5.41, 5.74) is 2.44. The summed E-state index contributed by atoms with van der Waals surface area (Å²) in [6.45, 7) is 2.42. The molecule has 0 amide bonds. The predicted octanol–water partition coefficient (Wildman–Crippen LogP) is 3.23. The number of rotatable bonds is 4. The van der Waals surface area contributed by atoms with Gasteiger partial charge in [0.25, 0.3) is 0 Å². The van der Waals surface area contributed by atoms with E-state index in [2.05, 4.69) is 28.0 Å². The Kier molecular flexibility index (Phi) is 4.49. The first kappa shape index (κ1) is 14.1. The lowest BCUT2D eigenvalue weighted by molar-refractivity contribution is 0.0803. The van der Waals surface area contributed by atoms with Gasteiger partial charge in [-0.15, -0.1) is 0 Å². The molecule has 1 heterocycles. The van der Waals surface area contributed by atoms with Crippen molar-refractivity contribution in [1.29, 1.82) is 0 Å². The number of aliphatic hydroxyl groups excluding tert-OH is 1. The van der Waals surface area contributed by atoms with Crippen LogP contribution in [0.15, 0.2) is 4.47 Å². The van der Waals surface area contributed by atoms with E-state index in [9.17, 15) is 5.11 Å². The Hall–Kier alpha value is -0.350. The molecule has 1 aliphatic carbocycles. The number of nitrogens with zero attached hydrogens (tertiary/aromatic N) is 2. The van der Waals surface area contributed by atoms with Gasteiger partial charge in [-0.05, 0) is 47.0 Å². The van der Waals surface area contributed by atoms with E-state index in [4.69, 9.17) is 0 Å². The van der Waals surface area contributed by atoms with Crippen molar-refractivity contribution in [1.82, 2.24) is 9.78 Å². The van der Waals surface area contributed by atoms with Gasteiger partial charge in [-0.2, -0.15) is 5.10 Å². The Bertz CT molecular complexity index is 408. The molecule has 1 fully saturated rings. The molecule has 102 valence electrons. The van der Waals surface area contributed by atoms with Gasteiger partial charge in [0, 0.05) is 13.7 Å². The number of aryl methyl sites for hydroxylation is 2. The van der Waals surface area contributed by atoms with Crippen LogP contribution in [-0.2, 0) is 19.9 Å². The normalized spacial score (nSPS) is 19.1. The fraction of sp³-hybridized carbons (Fsp3) is 0.786. The van der Waals surface area contributed by atoms with Crippen molar-refractivity contribution < 1.29 is 5.11 Å². The SMILES string of the molecule is CCc1nn(C)c(CC2(CO)CCCCC2)c1Br. The maximum atomic E-state index is 9.80. The molecule has 0 radical (unpaired) electrons. The summed E-state index contributed by atoms with van der Waals surface area (Å²) in [7, 11) is 2.01. The predicted molar refractivity (Wildman–Crippen MR) is 76.6 cm³/mol. The van der Waals surface area contributed by atoms with Crippen LogP contribution >= 0.6 is 15.9 Å². The second kappa shape index (κ2) is 5.74. The number of halogens is 1. The highest BCUT2D eigenvalue weighted by Crippen LogP contribution is 2.40. The molecule has 2 rings (SSSR count). The van der Waals surface area contributed by atoms with Crippen molar-refractivity contribution in [3.63, 3.8) is 0 Å². The molecular weight excluding hydrogens is 292 g/mol. The molecule has 0 bridgehead atoms. The molecule has 18 heavy (non-hydrogen) atoms. The average Bonchev–Trinajstić information content (AvgIpc) is 2.67. The van der Waals surface area contributed by atoms with Gasteiger partial charge < -0.3 is 5.11 Å². The number of hydrogen-bond donors (Lipinski definition) is 1. The topological polar surface area (TPSA) is 38.0 Å². The summed E-state index contributed by atoms with van der Waals surface area (Å²) in [4.78, 5) is 0. The summed E-state index contributed by atoms with van der Waals surface area (Å²) >= 11 is 3.68. The molecule has 0 saturated heterocycles. The van der Waals surface area contributed by atoms with Gasteiger partial charge in [0.05, 0.1) is 15.9 Å². The van der Waals surface area contributed by atoms with Crippen molar-refractivity contribution in [2.75, 3.05) is 6.61 Å². The molecule has 1 N–H and O–H groups in total. The second-order valence-corrected chi connectivity index (χ2v) is 6.37. The Morgan fingerprint density at radius 1 is 1.33 bits per heavy atom. The first-order valence-corrected chi connectivity index (χ1v) is 7.72. The first-order valence-electron chi connectivity index (χ1n) is 6.93. The average molecular weight is 315 g/mol. The molecule has 0 atom stereocenters. The van der Waals surface area contributed by atoms with Crippen LogP contribution in [0.25, 0.3) is 0 Å². The Morgan fingerprint density at radius 3 is 2.50 bits per heavy atom. The summed E-state index contributed by atoms with van der Waals surface area (Å²) in [5.74, 6) is 0. The van der Waals surface area contributed by atoms with Crippen LogP contribution in [0.1, 0.15) is 50.4 Å². The lowest BCUT2D eigenvalue weighted by Gasteiger charge is -2.35. The highest BCUT2D eigenvalue weighted by molar-refractivity contribution is 9.10. The number of hydrogen-bond acceptors (Lipinski definition) is 2. The smallest absolute Gasteiger partial charge is 0.0766 e. The fourth-order valence-electron chi connectivity index (χ4n) is 3.06. The maximum absolute atomic E-state index is 9.80. The largest absolute Gasteiger partial charge is 0.396 e. The van der Waals surface area contributed by atoms with Crippen LogP contribution in [0, 0.1) is 5.41 Å². The number of aliphatic hydroxyl groups is 1. The fourth-order valence-corrected chi connectivity index (χ4v) is 3.82. The molecule has 0 unspecified atom stereocenters. The monoisotopic (exact) mass is 314 g/mol. The van der Waals surface area contributed by atoms with E-state index in [1.807, 2.05) is 11.7 Å². The molecule has 1 saturated carbocycles. The Morgan fingerprint density at radius 2 is 2.00 bits per heavy atom. The second-order valence-electron chi connectivity index (χ2n) is 5.58. The molecule has 1 aliphatic rings. The van der Waals surface area contributed by atoms with E-state index < -0.39 is 0 Å². The van der Waals surface area contributed by atoms with Crippen LogP contribution in [0.4, 0.5) is 0 Å². The lowest BCUT2D eigenvalue weighted by atomic mass is 9.72. The summed E-state index contributed by atoms with van der Waals surface area (Å²) in [6.07, 6.45) is 7.97. The third-order valence-corrected chi connectivity index (χ3v) is 5.21. The summed E-state index contributed by atoms with van der Waals surface area (Å²) < 4.78 is 3.13. The van der Waals surface area contributed by atoms with Gasteiger partial charge in [0.15, 0.2) is 0 Å². The highest BCUT2D eigenvalue weighted by Gasteiger charge is 2.33. The first-order chi connectivity index (χ1) is 8.62. The minimum Gasteiger partial charge on any atom is -0.396 e. The van der Waals surface area contributed by atoms with Crippen molar-refractivity contribution in [3.8, 4) is 0 Å². The molecule has 1 aromatic heterocycles. The van der Waals surface area contributed by atoms with Crippen molar-refractivity contribution in [2.24, 2.45) is 12.5 Å². The van der Waals surface area contributed by atoms with Gasteiger partial charge >= 0.3 is 0 Å². The van der Waals surface area contributed by atoms with Gasteiger partial charge in [-0.25, -0.2) is 0 Å². The van der Waals surface area contributed by atoms with Crippen LogP contribution < -0.4 is 0 Å². The van der Waals surface area contributed by atoms with E-state index in [1.165, 1.54) is 25.0 Å². The van der Waals surface area contributed by atoms with Crippen molar-refractivity contribution >= 4 is 15.9 Å². The zero-order chi connectivity index (χ0) is 13.2. The van der Waals surface area contributed by atoms with E-state index in [0.717, 1.165) is 35.8 Å². The van der Waals surface area contributed by atoms with Crippen LogP contribution in [0.2, 0.25) is 0 Å². The minimum atomic E-state index is 0.0829. The van der Waals surface area contributed by atoms with Crippen molar-refractivity contribution in [3.05, 3.63) is 15.9 Å². The highest BCUT2D eigenvalue weighted by atomic mass is 79.9. The molecule has 0 spiro atoms. The molecule has 4 heteroatoms. The van der Waals surface area contributed by atoms with Crippen LogP contribution in [-0.4, -0.2) is 21.5 Å². The minimum absolute atomic E-state index is 0.0829. The molecule has 0 aliphatic heterocycles. The zero-order valence-electron chi connectivity index (χ0n) is 11.4. The summed E-state index contributed by atoms with van der Waals surface area (Å²) in [6, 6.07) is 0. The number of aromatic nitrogens is 2. The molecule has 3 nitrogen and oxygen atoms in total.